The molecule has 0 bridgehead atoms. The molecule has 1 atom stereocenters. The Labute approximate surface area is 97.5 Å². The van der Waals surface area contributed by atoms with Crippen molar-refractivity contribution in [3.8, 4) is 6.07 Å². The van der Waals surface area contributed by atoms with Gasteiger partial charge in [-0.2, -0.15) is 5.26 Å². The van der Waals surface area contributed by atoms with Gasteiger partial charge >= 0.3 is 0 Å². The largest absolute Gasteiger partial charge is 0.354 e. The van der Waals surface area contributed by atoms with Gasteiger partial charge in [0.15, 0.2) is 0 Å². The molecule has 0 heterocycles. The molecule has 16 heavy (non-hydrogen) atoms. The quantitative estimate of drug-likeness (QED) is 0.724. The van der Waals surface area contributed by atoms with Crippen molar-refractivity contribution >= 4 is 5.91 Å². The smallest absolute Gasteiger partial charge is 0.240 e. The normalized spacial score (nSPS) is 18.4. The van der Waals surface area contributed by atoms with E-state index in [2.05, 4.69) is 17.5 Å². The maximum Gasteiger partial charge on any atom is 0.240 e. The van der Waals surface area contributed by atoms with Gasteiger partial charge in [-0.15, -0.1) is 0 Å². The molecule has 0 aromatic carbocycles. The molecule has 0 saturated carbocycles. The molecule has 1 N–H and O–H groups in total. The van der Waals surface area contributed by atoms with E-state index in [0.29, 0.717) is 13.0 Å². The lowest BCUT2D eigenvalue weighted by Gasteiger charge is -2.18. The van der Waals surface area contributed by atoms with Crippen LogP contribution in [0.5, 0.6) is 0 Å². The monoisotopic (exact) mass is 220 g/mol. The topological polar surface area (TPSA) is 52.9 Å². The summed E-state index contributed by atoms with van der Waals surface area (Å²) in [6.07, 6.45) is 7.33. The Hall–Kier alpha value is -1.30. The molecule has 0 aliphatic heterocycles. The molecule has 0 fully saturated rings. The number of hydrogen-bond acceptors (Lipinski definition) is 2. The predicted molar refractivity (Wildman–Crippen MR) is 63.6 cm³/mol. The van der Waals surface area contributed by atoms with Crippen molar-refractivity contribution in [2.75, 3.05) is 6.54 Å². The molecular formula is C13H20N2O. The fraction of sp³-hybridized carbons (Fsp3) is 0.692. The number of carbonyl (C=O) groups is 1. The van der Waals surface area contributed by atoms with Crippen LogP contribution in [0, 0.1) is 16.7 Å². The number of nitriles is 1. The van der Waals surface area contributed by atoms with E-state index < -0.39 is 5.41 Å². The summed E-state index contributed by atoms with van der Waals surface area (Å²) in [5.74, 6) is -0.143. The van der Waals surface area contributed by atoms with Gasteiger partial charge < -0.3 is 5.32 Å². The number of carbonyl (C=O) groups excluding carboxylic acids is 1. The van der Waals surface area contributed by atoms with Crippen LogP contribution in [0.3, 0.4) is 0 Å². The Morgan fingerprint density at radius 3 is 2.94 bits per heavy atom. The van der Waals surface area contributed by atoms with Gasteiger partial charge in [0.2, 0.25) is 5.91 Å². The van der Waals surface area contributed by atoms with Gasteiger partial charge in [-0.3, -0.25) is 4.79 Å². The Balaban J connectivity index is 2.32. The highest BCUT2D eigenvalue weighted by molar-refractivity contribution is 5.84. The van der Waals surface area contributed by atoms with E-state index in [0.717, 1.165) is 6.42 Å². The van der Waals surface area contributed by atoms with Crippen LogP contribution in [0.2, 0.25) is 0 Å². The van der Waals surface area contributed by atoms with E-state index in [9.17, 15) is 4.79 Å². The van der Waals surface area contributed by atoms with E-state index in [-0.39, 0.29) is 5.91 Å². The molecule has 1 aliphatic carbocycles. The molecule has 0 spiro atoms. The average molecular weight is 220 g/mol. The number of rotatable bonds is 5. The molecule has 0 aromatic rings. The molecule has 1 rings (SSSR count). The van der Waals surface area contributed by atoms with Crippen LogP contribution >= 0.6 is 0 Å². The van der Waals surface area contributed by atoms with Crippen LogP contribution in [0.1, 0.15) is 46.0 Å². The third-order valence-corrected chi connectivity index (χ3v) is 3.32. The minimum Gasteiger partial charge on any atom is -0.354 e. The summed E-state index contributed by atoms with van der Waals surface area (Å²) in [6.45, 7) is 4.21. The summed E-state index contributed by atoms with van der Waals surface area (Å²) < 4.78 is 0. The number of amides is 1. The lowest BCUT2D eigenvalue weighted by Crippen LogP contribution is -2.38. The zero-order valence-electron chi connectivity index (χ0n) is 10.2. The fourth-order valence-corrected chi connectivity index (χ4v) is 1.79. The van der Waals surface area contributed by atoms with Gasteiger partial charge in [0, 0.05) is 6.54 Å². The number of nitrogens with one attached hydrogen (secondary N) is 1. The summed E-state index contributed by atoms with van der Waals surface area (Å²) in [7, 11) is 0. The first-order chi connectivity index (χ1) is 7.62. The number of hydrogen-bond donors (Lipinski definition) is 1. The maximum absolute atomic E-state index is 11.7. The molecule has 1 amide bonds. The Bertz CT molecular complexity index is 327. The highest BCUT2D eigenvalue weighted by atomic mass is 16.2. The maximum atomic E-state index is 11.7. The van der Waals surface area contributed by atoms with Crippen LogP contribution in [0.25, 0.3) is 0 Å². The van der Waals surface area contributed by atoms with Crippen molar-refractivity contribution in [3.05, 3.63) is 11.6 Å². The summed E-state index contributed by atoms with van der Waals surface area (Å²) >= 11 is 0. The molecule has 88 valence electrons. The first kappa shape index (κ1) is 12.8. The van der Waals surface area contributed by atoms with Gasteiger partial charge in [0.25, 0.3) is 0 Å². The number of nitrogens with zero attached hydrogens (tertiary/aromatic N) is 1. The first-order valence-corrected chi connectivity index (χ1v) is 6.00. The second-order valence-electron chi connectivity index (χ2n) is 4.56. The Morgan fingerprint density at radius 1 is 1.69 bits per heavy atom. The van der Waals surface area contributed by atoms with Crippen LogP contribution in [0.15, 0.2) is 11.6 Å². The summed E-state index contributed by atoms with van der Waals surface area (Å²) in [6, 6.07) is 2.08. The summed E-state index contributed by atoms with van der Waals surface area (Å²) in [5, 5.41) is 11.8. The van der Waals surface area contributed by atoms with Gasteiger partial charge in [-0.1, -0.05) is 18.6 Å². The van der Waals surface area contributed by atoms with Crippen molar-refractivity contribution < 1.29 is 4.79 Å². The van der Waals surface area contributed by atoms with Crippen molar-refractivity contribution in [3.63, 3.8) is 0 Å². The molecule has 0 saturated heterocycles. The molecule has 1 aliphatic rings. The third kappa shape index (κ3) is 3.10. The summed E-state index contributed by atoms with van der Waals surface area (Å²) in [5.41, 5.74) is 0.569. The van der Waals surface area contributed by atoms with E-state index in [1.165, 1.54) is 24.8 Å². The minimum absolute atomic E-state index is 0.143. The highest BCUT2D eigenvalue weighted by Gasteiger charge is 2.30. The molecular weight excluding hydrogens is 200 g/mol. The molecule has 1 unspecified atom stereocenters. The van der Waals surface area contributed by atoms with E-state index in [1.54, 1.807) is 6.92 Å². The zero-order valence-corrected chi connectivity index (χ0v) is 10.2. The van der Waals surface area contributed by atoms with Crippen LogP contribution < -0.4 is 5.32 Å². The lowest BCUT2D eigenvalue weighted by molar-refractivity contribution is -0.127. The van der Waals surface area contributed by atoms with Crippen LogP contribution in [0.4, 0.5) is 0 Å². The highest BCUT2D eigenvalue weighted by Crippen LogP contribution is 2.21. The van der Waals surface area contributed by atoms with E-state index in [1.807, 2.05) is 6.92 Å². The zero-order chi connectivity index (χ0) is 12.0. The standard InChI is InChI=1S/C13H20N2O/c1-3-13(2,10-14)12(16)15-9-8-11-6-4-5-7-11/h6H,3-5,7-9H2,1-2H3,(H,15,16). The first-order valence-electron chi connectivity index (χ1n) is 6.00. The number of allylic oxidation sites excluding steroid dienone is 1. The third-order valence-electron chi connectivity index (χ3n) is 3.32. The second-order valence-corrected chi connectivity index (χ2v) is 4.56. The average Bonchev–Trinajstić information content (AvgIpc) is 2.80. The van der Waals surface area contributed by atoms with Crippen molar-refractivity contribution in [1.82, 2.24) is 5.32 Å². The van der Waals surface area contributed by atoms with Crippen LogP contribution in [-0.2, 0) is 4.79 Å². The van der Waals surface area contributed by atoms with Crippen molar-refractivity contribution in [2.24, 2.45) is 5.41 Å². The second kappa shape index (κ2) is 5.69. The molecule has 0 aromatic heterocycles. The van der Waals surface area contributed by atoms with Crippen molar-refractivity contribution in [2.45, 2.75) is 46.0 Å². The lowest BCUT2D eigenvalue weighted by atomic mass is 9.88. The Morgan fingerprint density at radius 2 is 2.44 bits per heavy atom. The van der Waals surface area contributed by atoms with Gasteiger partial charge in [0.05, 0.1) is 6.07 Å². The minimum atomic E-state index is -0.871. The molecule has 3 nitrogen and oxygen atoms in total. The SMILES string of the molecule is CCC(C)(C#N)C(=O)NCCC1=CCCC1. The molecule has 0 radical (unpaired) electrons. The van der Waals surface area contributed by atoms with Gasteiger partial charge in [0.1, 0.15) is 5.41 Å². The molecule has 3 heteroatoms. The van der Waals surface area contributed by atoms with E-state index in [4.69, 9.17) is 5.26 Å². The van der Waals surface area contributed by atoms with Crippen molar-refractivity contribution in [1.29, 1.82) is 5.26 Å². The fourth-order valence-electron chi connectivity index (χ4n) is 1.79. The van der Waals surface area contributed by atoms with Gasteiger partial charge in [-0.25, -0.2) is 0 Å². The Kier molecular flexibility index (Phi) is 4.54. The van der Waals surface area contributed by atoms with Gasteiger partial charge in [-0.05, 0) is 39.0 Å². The summed E-state index contributed by atoms with van der Waals surface area (Å²) in [4.78, 5) is 11.7. The van der Waals surface area contributed by atoms with E-state index >= 15 is 0 Å². The predicted octanol–water partition coefficient (Wildman–Crippen LogP) is 2.54. The van der Waals surface area contributed by atoms with Crippen LogP contribution in [-0.4, -0.2) is 12.5 Å².